The molecule has 153 valence electrons. The van der Waals surface area contributed by atoms with Crippen molar-refractivity contribution in [2.45, 2.75) is 9.79 Å². The molecule has 5 aromatic rings. The smallest absolute Gasteiger partial charge is 0.0895 e. The Labute approximate surface area is 195 Å². The molecule has 2 heteroatoms. The largest absolute Gasteiger partial charge is 0.180 e. The van der Waals surface area contributed by atoms with Crippen molar-refractivity contribution in [3.8, 4) is 0 Å². The average molecular weight is 444 g/mol. The highest BCUT2D eigenvalue weighted by Crippen LogP contribution is 2.27. The Hall–Kier alpha value is -3.33. The number of benzene rings is 5. The van der Waals surface area contributed by atoms with Gasteiger partial charge in [0.1, 0.15) is 0 Å². The van der Waals surface area contributed by atoms with Gasteiger partial charge in [-0.2, -0.15) is 0 Å². The van der Waals surface area contributed by atoms with Gasteiger partial charge in [-0.05, 0) is 38.9 Å². The van der Waals surface area contributed by atoms with E-state index in [4.69, 9.17) is 0 Å². The molecule has 32 heavy (non-hydrogen) atoms. The molecule has 0 heterocycles. The van der Waals surface area contributed by atoms with E-state index in [0.29, 0.717) is 0 Å². The molecule has 1 radical (unpaired) electrons. The van der Waals surface area contributed by atoms with Gasteiger partial charge in [0.2, 0.25) is 0 Å². The fourth-order valence-corrected chi connectivity index (χ4v) is 10.7. The molecule has 0 spiro atoms. The standard InChI is InChI=1S/C30H23SSi/c1-5-15-25(16-6-1)31-29-23-13-14-24-30(29)32(26-17-7-2-8-18-26,27-19-9-3-10-20-27)28-21-11-4-12-22-28/h1-22,24H. The van der Waals surface area contributed by atoms with Crippen LogP contribution in [0.3, 0.4) is 0 Å². The Bertz CT molecular complexity index is 1170. The molecule has 5 rings (SSSR count). The van der Waals surface area contributed by atoms with Crippen molar-refractivity contribution in [1.29, 1.82) is 0 Å². The fraction of sp³-hybridized carbons (Fsp3) is 0. The number of rotatable bonds is 6. The van der Waals surface area contributed by atoms with Gasteiger partial charge in [-0.15, -0.1) is 0 Å². The third-order valence-corrected chi connectivity index (χ3v) is 11.9. The van der Waals surface area contributed by atoms with Gasteiger partial charge in [-0.3, -0.25) is 0 Å². The first-order valence-corrected chi connectivity index (χ1v) is 13.6. The molecule has 0 N–H and O–H groups in total. The molecule has 0 unspecified atom stereocenters. The summed E-state index contributed by atoms with van der Waals surface area (Å²) in [7, 11) is -2.55. The van der Waals surface area contributed by atoms with Crippen molar-refractivity contribution in [1.82, 2.24) is 0 Å². The molecule has 0 saturated heterocycles. The van der Waals surface area contributed by atoms with Crippen molar-refractivity contribution >= 4 is 40.6 Å². The van der Waals surface area contributed by atoms with Crippen LogP contribution in [-0.2, 0) is 0 Å². The Balaban J connectivity index is 1.84. The van der Waals surface area contributed by atoms with Gasteiger partial charge >= 0.3 is 0 Å². The Morgan fingerprint density at radius 3 is 1.38 bits per heavy atom. The lowest BCUT2D eigenvalue weighted by molar-refractivity contribution is 1.42. The van der Waals surface area contributed by atoms with Gasteiger partial charge in [-0.25, -0.2) is 0 Å². The molecule has 0 atom stereocenters. The molecule has 0 amide bonds. The normalized spacial score (nSPS) is 11.2. The van der Waals surface area contributed by atoms with Crippen molar-refractivity contribution in [2.24, 2.45) is 0 Å². The molecular weight excluding hydrogens is 420 g/mol. The van der Waals surface area contributed by atoms with Crippen LogP contribution in [0, 0.1) is 6.07 Å². The van der Waals surface area contributed by atoms with E-state index in [0.717, 1.165) is 0 Å². The van der Waals surface area contributed by atoms with Crippen LogP contribution in [-0.4, -0.2) is 8.07 Å². The highest BCUT2D eigenvalue weighted by molar-refractivity contribution is 7.99. The van der Waals surface area contributed by atoms with Crippen LogP contribution in [0.25, 0.3) is 0 Å². The van der Waals surface area contributed by atoms with Gasteiger partial charge in [0, 0.05) is 9.79 Å². The predicted molar refractivity (Wildman–Crippen MR) is 139 cm³/mol. The zero-order valence-electron chi connectivity index (χ0n) is 17.7. The van der Waals surface area contributed by atoms with E-state index in [2.05, 4.69) is 140 Å². The van der Waals surface area contributed by atoms with E-state index in [9.17, 15) is 0 Å². The van der Waals surface area contributed by atoms with Crippen LogP contribution < -0.4 is 20.7 Å². The van der Waals surface area contributed by atoms with Crippen molar-refractivity contribution < 1.29 is 0 Å². The Morgan fingerprint density at radius 2 is 0.906 bits per heavy atom. The summed E-state index contributed by atoms with van der Waals surface area (Å²) < 4.78 is 0. The summed E-state index contributed by atoms with van der Waals surface area (Å²) in [5.74, 6) is 0. The third-order valence-electron chi connectivity index (χ3n) is 5.81. The second-order valence-electron chi connectivity index (χ2n) is 7.68. The average Bonchev–Trinajstić information content (AvgIpc) is 2.88. The van der Waals surface area contributed by atoms with Crippen molar-refractivity contribution in [3.63, 3.8) is 0 Å². The van der Waals surface area contributed by atoms with E-state index < -0.39 is 8.07 Å². The fourth-order valence-electron chi connectivity index (χ4n) is 4.44. The Kier molecular flexibility index (Phi) is 6.06. The molecular formula is C30H23SSi. The monoisotopic (exact) mass is 443 g/mol. The third kappa shape index (κ3) is 3.84. The van der Waals surface area contributed by atoms with Gasteiger partial charge in [0.05, 0.1) is 0 Å². The predicted octanol–water partition coefficient (Wildman–Crippen LogP) is 5.02. The summed E-state index contributed by atoms with van der Waals surface area (Å²) in [6, 6.07) is 53.8. The van der Waals surface area contributed by atoms with Crippen LogP contribution in [0.5, 0.6) is 0 Å². The first kappa shape index (κ1) is 20.6. The van der Waals surface area contributed by atoms with Crippen molar-refractivity contribution in [3.05, 3.63) is 146 Å². The summed E-state index contributed by atoms with van der Waals surface area (Å²) in [5, 5.41) is 5.52. The minimum absolute atomic E-state index is 1.20. The highest BCUT2D eigenvalue weighted by Gasteiger charge is 2.42. The summed E-state index contributed by atoms with van der Waals surface area (Å²) in [6.07, 6.45) is 0. The first-order valence-electron chi connectivity index (χ1n) is 10.8. The summed E-state index contributed by atoms with van der Waals surface area (Å²) in [4.78, 5) is 2.43. The second-order valence-corrected chi connectivity index (χ2v) is 12.5. The van der Waals surface area contributed by atoms with Crippen molar-refractivity contribution in [2.75, 3.05) is 0 Å². The molecule has 0 aliphatic rings. The molecule has 0 saturated carbocycles. The SMILES string of the molecule is [c]1cccc([Si](c2ccccc2)(c2ccccc2)c2ccccc2)c1Sc1ccccc1. The minimum Gasteiger partial charge on any atom is -0.0895 e. The first-order chi connectivity index (χ1) is 15.9. The van der Waals surface area contributed by atoms with E-state index in [-0.39, 0.29) is 0 Å². The zero-order valence-corrected chi connectivity index (χ0v) is 19.5. The highest BCUT2D eigenvalue weighted by atomic mass is 32.2. The van der Waals surface area contributed by atoms with E-state index in [1.807, 2.05) is 6.07 Å². The molecule has 0 bridgehead atoms. The van der Waals surface area contributed by atoms with Crippen LogP contribution in [0.2, 0.25) is 0 Å². The second kappa shape index (κ2) is 9.43. The van der Waals surface area contributed by atoms with Crippen LogP contribution in [0.4, 0.5) is 0 Å². The zero-order chi connectivity index (χ0) is 21.6. The summed E-state index contributed by atoms with van der Waals surface area (Å²) in [5.41, 5.74) is 0. The maximum absolute atomic E-state index is 3.60. The quantitative estimate of drug-likeness (QED) is 0.262. The molecule has 0 aromatic heterocycles. The number of hydrogen-bond donors (Lipinski definition) is 0. The van der Waals surface area contributed by atoms with Gasteiger partial charge in [0.15, 0.2) is 8.07 Å². The maximum atomic E-state index is 3.60. The van der Waals surface area contributed by atoms with Gasteiger partial charge < -0.3 is 0 Å². The van der Waals surface area contributed by atoms with E-state index >= 15 is 0 Å². The summed E-state index contributed by atoms with van der Waals surface area (Å²) in [6.45, 7) is 0. The van der Waals surface area contributed by atoms with Crippen LogP contribution in [0.15, 0.2) is 149 Å². The molecule has 5 aromatic carbocycles. The lowest BCUT2D eigenvalue weighted by Gasteiger charge is -2.35. The Morgan fingerprint density at radius 1 is 0.469 bits per heavy atom. The van der Waals surface area contributed by atoms with Crippen LogP contribution in [0.1, 0.15) is 0 Å². The van der Waals surface area contributed by atoms with Gasteiger partial charge in [-0.1, -0.05) is 139 Å². The molecule has 0 nitrogen and oxygen atoms in total. The molecule has 0 aliphatic heterocycles. The summed E-state index contributed by atoms with van der Waals surface area (Å²) >= 11 is 1.80. The molecule has 0 aliphatic carbocycles. The van der Waals surface area contributed by atoms with Crippen LogP contribution >= 0.6 is 11.8 Å². The van der Waals surface area contributed by atoms with E-state index in [1.165, 1.54) is 30.5 Å². The topological polar surface area (TPSA) is 0 Å². The maximum Gasteiger partial charge on any atom is 0.180 e. The lowest BCUT2D eigenvalue weighted by atomic mass is 10.3. The van der Waals surface area contributed by atoms with E-state index in [1.54, 1.807) is 11.8 Å². The molecule has 0 fully saturated rings. The number of hydrogen-bond acceptors (Lipinski definition) is 1. The lowest BCUT2D eigenvalue weighted by Crippen LogP contribution is -2.75. The minimum atomic E-state index is -2.55. The van der Waals surface area contributed by atoms with Gasteiger partial charge in [0.25, 0.3) is 0 Å².